The molecule has 1 aromatic heterocycles. The maximum atomic E-state index is 13.0. The largest absolute Gasteiger partial charge is 0.416 e. The van der Waals surface area contributed by atoms with E-state index >= 15 is 0 Å². The average Bonchev–Trinajstić information content (AvgIpc) is 2.54. The lowest BCUT2D eigenvalue weighted by atomic mass is 9.89. The zero-order chi connectivity index (χ0) is 19.1. The summed E-state index contributed by atoms with van der Waals surface area (Å²) in [5.41, 5.74) is 6.97. The Morgan fingerprint density at radius 1 is 1.12 bits per heavy atom. The molecule has 26 heavy (non-hydrogen) atoms. The van der Waals surface area contributed by atoms with Crippen LogP contribution in [0.1, 0.15) is 29.5 Å². The number of hydrogen-bond donors (Lipinski definition) is 2. The van der Waals surface area contributed by atoms with Crippen LogP contribution in [0.4, 0.5) is 24.7 Å². The number of nitrogens with one attached hydrogen (secondary N) is 1. The van der Waals surface area contributed by atoms with Crippen molar-refractivity contribution in [1.29, 1.82) is 0 Å². The zero-order valence-corrected chi connectivity index (χ0v) is 14.7. The molecule has 0 fully saturated rings. The van der Waals surface area contributed by atoms with Crippen molar-refractivity contribution in [2.45, 2.75) is 31.9 Å². The van der Waals surface area contributed by atoms with Crippen LogP contribution < -0.4 is 10.5 Å². The Morgan fingerprint density at radius 3 is 2.38 bits per heavy atom. The Bertz CT molecular complexity index is 959. The molecule has 0 saturated heterocycles. The number of anilines is 2. The molecule has 1 aliphatic carbocycles. The smallest absolute Gasteiger partial charge is 0.382 e. The van der Waals surface area contributed by atoms with Crippen LogP contribution in [0, 0.1) is 0 Å². The van der Waals surface area contributed by atoms with Crippen molar-refractivity contribution in [1.82, 2.24) is 10.2 Å². The number of nitrogens with two attached hydrogens (primary N) is 1. The SMILES string of the molecule is CS(=O)(=O)Nc1cc(C(F)(F)F)ccc1-c1nnc(N)c2c1CCCC2. The molecule has 6 nitrogen and oxygen atoms in total. The maximum Gasteiger partial charge on any atom is 0.416 e. The van der Waals surface area contributed by atoms with Gasteiger partial charge in [0.1, 0.15) is 5.82 Å². The van der Waals surface area contributed by atoms with Crippen molar-refractivity contribution >= 4 is 21.5 Å². The number of benzene rings is 1. The van der Waals surface area contributed by atoms with E-state index < -0.39 is 21.8 Å². The van der Waals surface area contributed by atoms with E-state index in [-0.39, 0.29) is 11.3 Å². The third kappa shape index (κ3) is 3.74. The van der Waals surface area contributed by atoms with E-state index in [0.717, 1.165) is 42.4 Å². The lowest BCUT2D eigenvalue weighted by Gasteiger charge is -2.21. The van der Waals surface area contributed by atoms with Gasteiger partial charge in [-0.3, -0.25) is 4.72 Å². The van der Waals surface area contributed by atoms with Crippen LogP contribution in [0.25, 0.3) is 11.3 Å². The van der Waals surface area contributed by atoms with Gasteiger partial charge in [0.2, 0.25) is 10.0 Å². The Kier molecular flexibility index (Phi) is 4.55. The van der Waals surface area contributed by atoms with Gasteiger partial charge in [-0.15, -0.1) is 10.2 Å². The summed E-state index contributed by atoms with van der Waals surface area (Å²) in [5.74, 6) is 0.299. The molecule has 0 atom stereocenters. The predicted molar refractivity (Wildman–Crippen MR) is 92.0 cm³/mol. The third-order valence-electron chi connectivity index (χ3n) is 4.22. The summed E-state index contributed by atoms with van der Waals surface area (Å²) in [7, 11) is -3.79. The van der Waals surface area contributed by atoms with E-state index in [1.165, 1.54) is 6.07 Å². The highest BCUT2D eigenvalue weighted by Crippen LogP contribution is 2.39. The molecule has 1 heterocycles. The van der Waals surface area contributed by atoms with Crippen molar-refractivity contribution < 1.29 is 21.6 Å². The fourth-order valence-electron chi connectivity index (χ4n) is 3.10. The summed E-state index contributed by atoms with van der Waals surface area (Å²) in [5, 5.41) is 7.96. The number of rotatable bonds is 3. The van der Waals surface area contributed by atoms with Gasteiger partial charge in [-0.05, 0) is 43.4 Å². The summed E-state index contributed by atoms with van der Waals surface area (Å²) in [6.07, 6.45) is -0.535. The molecular weight excluding hydrogens is 369 g/mol. The van der Waals surface area contributed by atoms with Crippen LogP contribution in [0.2, 0.25) is 0 Å². The summed E-state index contributed by atoms with van der Waals surface area (Å²) in [6.45, 7) is 0. The van der Waals surface area contributed by atoms with Crippen LogP contribution in [0.15, 0.2) is 18.2 Å². The van der Waals surface area contributed by atoms with Crippen LogP contribution >= 0.6 is 0 Å². The van der Waals surface area contributed by atoms with Crippen molar-refractivity contribution in [2.75, 3.05) is 16.7 Å². The van der Waals surface area contributed by atoms with Gasteiger partial charge in [-0.2, -0.15) is 13.2 Å². The van der Waals surface area contributed by atoms with E-state index in [1.54, 1.807) is 0 Å². The number of hydrogen-bond acceptors (Lipinski definition) is 5. The number of nitrogen functional groups attached to an aromatic ring is 1. The minimum absolute atomic E-state index is 0.186. The molecular formula is C16H17F3N4O2S. The second-order valence-corrected chi connectivity index (χ2v) is 7.98. The van der Waals surface area contributed by atoms with Gasteiger partial charge in [0.05, 0.1) is 23.2 Å². The fraction of sp³-hybridized carbons (Fsp3) is 0.375. The molecule has 0 bridgehead atoms. The first-order valence-electron chi connectivity index (χ1n) is 7.89. The topological polar surface area (TPSA) is 98.0 Å². The van der Waals surface area contributed by atoms with Crippen LogP contribution in [0.3, 0.4) is 0 Å². The molecule has 1 aromatic carbocycles. The van der Waals surface area contributed by atoms with Crippen molar-refractivity contribution in [3.63, 3.8) is 0 Å². The summed E-state index contributed by atoms with van der Waals surface area (Å²) in [6, 6.07) is 2.88. The first-order valence-corrected chi connectivity index (χ1v) is 9.79. The zero-order valence-electron chi connectivity index (χ0n) is 13.9. The molecule has 3 rings (SSSR count). The first kappa shape index (κ1) is 18.4. The molecule has 0 amide bonds. The highest BCUT2D eigenvalue weighted by molar-refractivity contribution is 7.92. The molecule has 0 radical (unpaired) electrons. The summed E-state index contributed by atoms with van der Waals surface area (Å²) < 4.78 is 64.6. The number of sulfonamides is 1. The van der Waals surface area contributed by atoms with E-state index in [1.807, 2.05) is 0 Å². The van der Waals surface area contributed by atoms with Crippen molar-refractivity contribution in [3.05, 3.63) is 34.9 Å². The van der Waals surface area contributed by atoms with Gasteiger partial charge in [0.25, 0.3) is 0 Å². The number of aromatic nitrogens is 2. The van der Waals surface area contributed by atoms with Gasteiger partial charge in [-0.25, -0.2) is 8.42 Å². The molecule has 2 aromatic rings. The van der Waals surface area contributed by atoms with Gasteiger partial charge >= 0.3 is 6.18 Å². The monoisotopic (exact) mass is 386 g/mol. The minimum atomic E-state index is -4.60. The minimum Gasteiger partial charge on any atom is -0.382 e. The van der Waals surface area contributed by atoms with E-state index in [2.05, 4.69) is 14.9 Å². The molecule has 10 heteroatoms. The fourth-order valence-corrected chi connectivity index (χ4v) is 3.67. The van der Waals surface area contributed by atoms with Crippen LogP contribution in [0.5, 0.6) is 0 Å². The molecule has 1 aliphatic rings. The highest BCUT2D eigenvalue weighted by atomic mass is 32.2. The predicted octanol–water partition coefficient (Wildman–Crippen LogP) is 2.99. The Balaban J connectivity index is 2.22. The van der Waals surface area contributed by atoms with Gasteiger partial charge in [-0.1, -0.05) is 6.07 Å². The molecule has 0 spiro atoms. The van der Waals surface area contributed by atoms with E-state index in [0.29, 0.717) is 24.4 Å². The Morgan fingerprint density at radius 2 is 1.77 bits per heavy atom. The average molecular weight is 386 g/mol. The van der Waals surface area contributed by atoms with E-state index in [4.69, 9.17) is 5.73 Å². The normalized spacial score (nSPS) is 14.8. The van der Waals surface area contributed by atoms with Gasteiger partial charge in [0, 0.05) is 11.1 Å². The second-order valence-electron chi connectivity index (χ2n) is 6.23. The molecule has 3 N–H and O–H groups in total. The lowest BCUT2D eigenvalue weighted by molar-refractivity contribution is -0.137. The summed E-state index contributed by atoms with van der Waals surface area (Å²) >= 11 is 0. The van der Waals surface area contributed by atoms with Crippen molar-refractivity contribution in [3.8, 4) is 11.3 Å². The van der Waals surface area contributed by atoms with Crippen molar-refractivity contribution in [2.24, 2.45) is 0 Å². The van der Waals surface area contributed by atoms with Gasteiger partial charge in [0.15, 0.2) is 0 Å². The van der Waals surface area contributed by atoms with E-state index in [9.17, 15) is 21.6 Å². The number of alkyl halides is 3. The molecule has 0 aliphatic heterocycles. The highest BCUT2D eigenvalue weighted by Gasteiger charge is 2.32. The Labute approximate surface area is 148 Å². The maximum absolute atomic E-state index is 13.0. The molecule has 0 unspecified atom stereocenters. The standard InChI is InChI=1S/C16H17F3N4O2S/c1-26(24,25)23-13-8-9(16(17,18)19)6-7-12(13)14-10-4-2-3-5-11(10)15(20)22-21-14/h6-8,23H,2-5H2,1H3,(H2,20,22). The van der Waals surface area contributed by atoms with Gasteiger partial charge < -0.3 is 5.73 Å². The number of fused-ring (bicyclic) bond motifs is 1. The molecule has 140 valence electrons. The lowest BCUT2D eigenvalue weighted by Crippen LogP contribution is -2.15. The molecule has 0 saturated carbocycles. The van der Waals surface area contributed by atoms with Crippen LogP contribution in [-0.4, -0.2) is 24.9 Å². The van der Waals surface area contributed by atoms with Crippen LogP contribution in [-0.2, 0) is 29.0 Å². The Hall–Kier alpha value is -2.36. The first-order chi connectivity index (χ1) is 12.1. The quantitative estimate of drug-likeness (QED) is 0.845. The summed E-state index contributed by atoms with van der Waals surface area (Å²) in [4.78, 5) is 0. The second kappa shape index (κ2) is 6.42. The third-order valence-corrected chi connectivity index (χ3v) is 4.81. The number of halogens is 3. The number of nitrogens with zero attached hydrogens (tertiary/aromatic N) is 2.